The summed E-state index contributed by atoms with van der Waals surface area (Å²) in [5, 5.41) is 0. The van der Waals surface area contributed by atoms with Gasteiger partial charge >= 0.3 is 0 Å². The summed E-state index contributed by atoms with van der Waals surface area (Å²) in [6.45, 7) is 23.6. The van der Waals surface area contributed by atoms with Crippen LogP contribution in [0.15, 0.2) is 12.2 Å². The first kappa shape index (κ1) is 19.7. The number of hydrogen-bond donors (Lipinski definition) is 0. The zero-order valence-corrected chi connectivity index (χ0v) is 16.0. The molecule has 0 heteroatoms. The Labute approximate surface area is 129 Å². The van der Waals surface area contributed by atoms with E-state index in [2.05, 4.69) is 81.4 Å². The van der Waals surface area contributed by atoms with E-state index in [-0.39, 0.29) is 5.41 Å². The van der Waals surface area contributed by atoms with Gasteiger partial charge in [0, 0.05) is 0 Å². The smallest absolute Gasteiger partial charge is 0.0144 e. The minimum Gasteiger partial charge on any atom is -0.0823 e. The minimum atomic E-state index is 0.286. The molecule has 0 radical (unpaired) electrons. The molecule has 0 bridgehead atoms. The van der Waals surface area contributed by atoms with Crippen LogP contribution in [0.1, 0.15) is 94.9 Å². The molecule has 1 unspecified atom stereocenters. The van der Waals surface area contributed by atoms with Gasteiger partial charge in [-0.25, -0.2) is 0 Å². The van der Waals surface area contributed by atoms with Gasteiger partial charge in [0.1, 0.15) is 0 Å². The van der Waals surface area contributed by atoms with E-state index in [1.165, 1.54) is 25.7 Å². The highest BCUT2D eigenvalue weighted by atomic mass is 14.3. The van der Waals surface area contributed by atoms with Crippen molar-refractivity contribution < 1.29 is 0 Å². The molecule has 0 aromatic rings. The van der Waals surface area contributed by atoms with Gasteiger partial charge in [0.15, 0.2) is 0 Å². The summed E-state index contributed by atoms with van der Waals surface area (Å²) >= 11 is 0. The monoisotopic (exact) mass is 280 g/mol. The van der Waals surface area contributed by atoms with E-state index in [0.717, 1.165) is 0 Å². The average Bonchev–Trinajstić information content (AvgIpc) is 2.23. The van der Waals surface area contributed by atoms with E-state index in [1.807, 2.05) is 0 Å². The quantitative estimate of drug-likeness (QED) is 0.431. The molecule has 1 atom stereocenters. The topological polar surface area (TPSA) is 0 Å². The summed E-state index contributed by atoms with van der Waals surface area (Å²) < 4.78 is 0. The highest BCUT2D eigenvalue weighted by Gasteiger charge is 2.29. The fourth-order valence-electron chi connectivity index (χ4n) is 3.36. The summed E-state index contributed by atoms with van der Waals surface area (Å²) in [7, 11) is 0. The maximum absolute atomic E-state index is 2.50. The van der Waals surface area contributed by atoms with E-state index >= 15 is 0 Å². The van der Waals surface area contributed by atoms with Crippen molar-refractivity contribution >= 4 is 0 Å². The van der Waals surface area contributed by atoms with Crippen molar-refractivity contribution in [1.29, 1.82) is 0 Å². The number of hydrogen-bond acceptors (Lipinski definition) is 0. The fraction of sp³-hybridized carbons (Fsp3) is 0.900. The summed E-state index contributed by atoms with van der Waals surface area (Å²) in [6, 6.07) is 0. The van der Waals surface area contributed by atoms with Gasteiger partial charge in [0.2, 0.25) is 0 Å². The van der Waals surface area contributed by atoms with Gasteiger partial charge in [0.05, 0.1) is 0 Å². The Kier molecular flexibility index (Phi) is 6.58. The largest absolute Gasteiger partial charge is 0.0823 e. The lowest BCUT2D eigenvalue weighted by molar-refractivity contribution is 0.217. The first-order valence-electron chi connectivity index (χ1n) is 8.45. The second-order valence-corrected chi connectivity index (χ2v) is 9.76. The molecule has 0 nitrogen and oxygen atoms in total. The first-order chi connectivity index (χ1) is 8.74. The Hall–Kier alpha value is -0.260. The lowest BCUT2D eigenvalue weighted by Gasteiger charge is -2.36. The van der Waals surface area contributed by atoms with Crippen LogP contribution in [0.4, 0.5) is 0 Å². The molecule has 0 amide bonds. The molecule has 0 aliphatic rings. The van der Waals surface area contributed by atoms with Crippen molar-refractivity contribution in [3.05, 3.63) is 12.2 Å². The molecule has 0 spiro atoms. The molecular formula is C20H40. The van der Waals surface area contributed by atoms with E-state index in [9.17, 15) is 0 Å². The third-order valence-corrected chi connectivity index (χ3v) is 4.57. The van der Waals surface area contributed by atoms with Crippen molar-refractivity contribution in [3.8, 4) is 0 Å². The highest BCUT2D eigenvalue weighted by molar-refractivity contribution is 5.05. The zero-order chi connectivity index (χ0) is 16.2. The molecule has 120 valence electrons. The van der Waals surface area contributed by atoms with Crippen LogP contribution in [0.25, 0.3) is 0 Å². The van der Waals surface area contributed by atoms with Crippen LogP contribution in [0, 0.1) is 21.7 Å². The Morgan fingerprint density at radius 1 is 0.650 bits per heavy atom. The Morgan fingerprint density at radius 2 is 1.15 bits per heavy atom. The van der Waals surface area contributed by atoms with Crippen molar-refractivity contribution in [2.24, 2.45) is 21.7 Å². The van der Waals surface area contributed by atoms with Crippen LogP contribution in [0.2, 0.25) is 0 Å². The molecule has 0 aromatic carbocycles. The fourth-order valence-corrected chi connectivity index (χ4v) is 3.36. The van der Waals surface area contributed by atoms with Crippen molar-refractivity contribution in [1.82, 2.24) is 0 Å². The van der Waals surface area contributed by atoms with Gasteiger partial charge in [-0.2, -0.15) is 0 Å². The second kappa shape index (κ2) is 6.67. The minimum absolute atomic E-state index is 0.286. The van der Waals surface area contributed by atoms with Gasteiger partial charge in [-0.1, -0.05) is 87.8 Å². The predicted molar refractivity (Wildman–Crippen MR) is 94.1 cm³/mol. The van der Waals surface area contributed by atoms with Crippen molar-refractivity contribution in [3.63, 3.8) is 0 Å². The molecule has 20 heavy (non-hydrogen) atoms. The lowest BCUT2D eigenvalue weighted by Crippen LogP contribution is -2.24. The van der Waals surface area contributed by atoms with Gasteiger partial charge < -0.3 is 0 Å². The summed E-state index contributed by atoms with van der Waals surface area (Å²) in [6.07, 6.45) is 9.96. The standard InChI is InChI=1S/C20H40/c1-11-18(6,7)16-19(8,9)13-14-20(10,12-2)15-17(3,4)5/h13-14H,11-12,15-16H2,1-10H3. The van der Waals surface area contributed by atoms with Crippen LogP contribution >= 0.6 is 0 Å². The molecule has 0 fully saturated rings. The first-order valence-corrected chi connectivity index (χ1v) is 8.45. The van der Waals surface area contributed by atoms with Crippen LogP contribution in [-0.4, -0.2) is 0 Å². The number of allylic oxidation sites excluding steroid dienone is 2. The van der Waals surface area contributed by atoms with Crippen molar-refractivity contribution in [2.75, 3.05) is 0 Å². The van der Waals surface area contributed by atoms with Gasteiger partial charge in [-0.15, -0.1) is 0 Å². The summed E-state index contributed by atoms with van der Waals surface area (Å²) in [5.74, 6) is 0. The van der Waals surface area contributed by atoms with E-state index in [4.69, 9.17) is 0 Å². The zero-order valence-electron chi connectivity index (χ0n) is 16.0. The summed E-state index contributed by atoms with van der Waals surface area (Å²) in [5.41, 5.74) is 1.43. The Bertz CT molecular complexity index is 311. The van der Waals surface area contributed by atoms with E-state index in [0.29, 0.717) is 16.2 Å². The Balaban J connectivity index is 4.96. The molecule has 0 saturated heterocycles. The SMILES string of the molecule is CCC(C)(C)CC(C)(C)C=CC(C)(CC)CC(C)(C)C. The number of rotatable bonds is 7. The third kappa shape index (κ3) is 8.12. The Morgan fingerprint density at radius 3 is 1.50 bits per heavy atom. The van der Waals surface area contributed by atoms with Gasteiger partial charge in [0.25, 0.3) is 0 Å². The molecule has 0 rings (SSSR count). The van der Waals surface area contributed by atoms with Crippen LogP contribution < -0.4 is 0 Å². The predicted octanol–water partition coefficient (Wildman–Crippen LogP) is 7.25. The molecule has 0 heterocycles. The van der Waals surface area contributed by atoms with E-state index in [1.54, 1.807) is 0 Å². The molecule has 0 saturated carbocycles. The van der Waals surface area contributed by atoms with Crippen LogP contribution in [-0.2, 0) is 0 Å². The maximum Gasteiger partial charge on any atom is -0.0144 e. The third-order valence-electron chi connectivity index (χ3n) is 4.57. The molecule has 0 aliphatic heterocycles. The van der Waals surface area contributed by atoms with Gasteiger partial charge in [-0.3, -0.25) is 0 Å². The van der Waals surface area contributed by atoms with Crippen LogP contribution in [0.3, 0.4) is 0 Å². The van der Waals surface area contributed by atoms with Crippen LogP contribution in [0.5, 0.6) is 0 Å². The van der Waals surface area contributed by atoms with Crippen molar-refractivity contribution in [2.45, 2.75) is 94.9 Å². The molecular weight excluding hydrogens is 240 g/mol. The highest BCUT2D eigenvalue weighted by Crippen LogP contribution is 2.41. The lowest BCUT2D eigenvalue weighted by atomic mass is 9.70. The average molecular weight is 281 g/mol. The van der Waals surface area contributed by atoms with Gasteiger partial charge in [-0.05, 0) is 40.9 Å². The van der Waals surface area contributed by atoms with E-state index < -0.39 is 0 Å². The molecule has 0 aromatic heterocycles. The molecule has 0 N–H and O–H groups in total. The summed E-state index contributed by atoms with van der Waals surface area (Å²) in [4.78, 5) is 0. The normalized spacial score (nSPS) is 17.5. The maximum atomic E-state index is 2.50. The molecule has 0 aliphatic carbocycles. The second-order valence-electron chi connectivity index (χ2n) is 9.76.